The number of morpholine rings is 1. The summed E-state index contributed by atoms with van der Waals surface area (Å²) in [5.74, 6) is 0. The van der Waals surface area contributed by atoms with Gasteiger partial charge in [0.15, 0.2) is 0 Å². The van der Waals surface area contributed by atoms with E-state index in [1.165, 1.54) is 6.20 Å². The first-order valence-electron chi connectivity index (χ1n) is 8.38. The lowest BCUT2D eigenvalue weighted by atomic mass is 10.0. The Hall–Kier alpha value is -2.39. The van der Waals surface area contributed by atoms with Gasteiger partial charge < -0.3 is 4.74 Å². The number of aromatic nitrogens is 4. The number of alkyl halides is 3. The Labute approximate surface area is 147 Å². The minimum absolute atomic E-state index is 0.357. The number of aromatic amines is 1. The fourth-order valence-corrected chi connectivity index (χ4v) is 3.15. The van der Waals surface area contributed by atoms with Crippen molar-refractivity contribution in [3.8, 4) is 11.1 Å². The predicted molar refractivity (Wildman–Crippen MR) is 89.6 cm³/mol. The molecule has 3 heterocycles. The van der Waals surface area contributed by atoms with Crippen LogP contribution < -0.4 is 0 Å². The quantitative estimate of drug-likeness (QED) is 0.772. The molecule has 0 radical (unpaired) electrons. The molecule has 0 spiro atoms. The highest BCUT2D eigenvalue weighted by molar-refractivity contribution is 5.94. The van der Waals surface area contributed by atoms with E-state index in [9.17, 15) is 13.2 Å². The maximum Gasteiger partial charge on any atom is 0.416 e. The fraction of sp³-hybridized carbons (Fsp3) is 0.412. The van der Waals surface area contributed by atoms with Crippen molar-refractivity contribution in [3.05, 3.63) is 36.3 Å². The predicted octanol–water partition coefficient (Wildman–Crippen LogP) is 2.78. The first-order chi connectivity index (χ1) is 12.5. The molecule has 3 aromatic rings. The Morgan fingerprint density at radius 1 is 1.12 bits per heavy atom. The second-order valence-corrected chi connectivity index (χ2v) is 6.30. The van der Waals surface area contributed by atoms with E-state index >= 15 is 0 Å². The molecule has 1 N–H and O–H groups in total. The Kier molecular flexibility index (Phi) is 4.41. The van der Waals surface area contributed by atoms with Crippen LogP contribution in [0.25, 0.3) is 22.0 Å². The standard InChI is InChI=1S/C17H18F3N5O/c18-17(19,20)13-7-14(15-10-21-23-16(15)8-13)12-9-22-25(11-12)2-1-24-3-5-26-6-4-24/h7-11H,1-6H2,(H,21,23). The number of ether oxygens (including phenoxy) is 1. The summed E-state index contributed by atoms with van der Waals surface area (Å²) in [6, 6.07) is 2.23. The van der Waals surface area contributed by atoms with Crippen LogP contribution in [0.3, 0.4) is 0 Å². The lowest BCUT2D eigenvalue weighted by Crippen LogP contribution is -2.38. The summed E-state index contributed by atoms with van der Waals surface area (Å²) in [6.07, 6.45) is 0.500. The molecule has 26 heavy (non-hydrogen) atoms. The molecule has 1 fully saturated rings. The van der Waals surface area contributed by atoms with Crippen LogP contribution in [0.4, 0.5) is 13.2 Å². The van der Waals surface area contributed by atoms with Crippen molar-refractivity contribution >= 4 is 10.9 Å². The second-order valence-electron chi connectivity index (χ2n) is 6.30. The molecule has 0 bridgehead atoms. The van der Waals surface area contributed by atoms with Crippen LogP contribution in [-0.2, 0) is 17.5 Å². The van der Waals surface area contributed by atoms with Gasteiger partial charge in [-0.25, -0.2) is 0 Å². The molecule has 0 saturated carbocycles. The number of hydrogen-bond acceptors (Lipinski definition) is 4. The van der Waals surface area contributed by atoms with Crippen LogP contribution >= 0.6 is 0 Å². The largest absolute Gasteiger partial charge is 0.416 e. The summed E-state index contributed by atoms with van der Waals surface area (Å²) < 4.78 is 46.6. The van der Waals surface area contributed by atoms with Gasteiger partial charge in [0.05, 0.1) is 43.2 Å². The zero-order valence-corrected chi connectivity index (χ0v) is 14.0. The first-order valence-corrected chi connectivity index (χ1v) is 8.38. The van der Waals surface area contributed by atoms with Gasteiger partial charge in [0.25, 0.3) is 0 Å². The summed E-state index contributed by atoms with van der Waals surface area (Å²) in [5, 5.41) is 11.4. The maximum atomic E-state index is 13.2. The normalized spacial score (nSPS) is 16.4. The first kappa shape index (κ1) is 17.0. The average Bonchev–Trinajstić information content (AvgIpc) is 3.28. The Morgan fingerprint density at radius 3 is 2.69 bits per heavy atom. The van der Waals surface area contributed by atoms with Crippen molar-refractivity contribution in [2.45, 2.75) is 12.7 Å². The lowest BCUT2D eigenvalue weighted by molar-refractivity contribution is -0.137. The molecule has 1 aromatic carbocycles. The molecule has 1 saturated heterocycles. The van der Waals surface area contributed by atoms with Crippen LogP contribution in [-0.4, -0.2) is 57.7 Å². The lowest BCUT2D eigenvalue weighted by Gasteiger charge is -2.26. The third-order valence-electron chi connectivity index (χ3n) is 4.58. The van der Waals surface area contributed by atoms with Crippen LogP contribution in [0.5, 0.6) is 0 Å². The monoisotopic (exact) mass is 365 g/mol. The molecule has 1 aliphatic heterocycles. The topological polar surface area (TPSA) is 59.0 Å². The summed E-state index contributed by atoms with van der Waals surface area (Å²) in [6.45, 7) is 4.73. The molecule has 9 heteroatoms. The van der Waals surface area contributed by atoms with E-state index in [2.05, 4.69) is 20.2 Å². The van der Waals surface area contributed by atoms with Crippen molar-refractivity contribution in [2.75, 3.05) is 32.8 Å². The van der Waals surface area contributed by atoms with E-state index in [-0.39, 0.29) is 0 Å². The highest BCUT2D eigenvalue weighted by Gasteiger charge is 2.32. The van der Waals surface area contributed by atoms with Gasteiger partial charge in [-0.15, -0.1) is 0 Å². The van der Waals surface area contributed by atoms with E-state index < -0.39 is 11.7 Å². The number of hydrogen-bond donors (Lipinski definition) is 1. The molecular weight excluding hydrogens is 347 g/mol. The summed E-state index contributed by atoms with van der Waals surface area (Å²) in [7, 11) is 0. The number of halogens is 3. The van der Waals surface area contributed by atoms with E-state index in [1.807, 2.05) is 0 Å². The van der Waals surface area contributed by atoms with Crippen molar-refractivity contribution in [3.63, 3.8) is 0 Å². The third-order valence-corrected chi connectivity index (χ3v) is 4.58. The molecule has 4 rings (SSSR count). The van der Waals surface area contributed by atoms with Crippen molar-refractivity contribution in [1.29, 1.82) is 0 Å². The van der Waals surface area contributed by atoms with E-state index in [1.54, 1.807) is 17.1 Å². The van der Waals surface area contributed by atoms with Gasteiger partial charge in [-0.05, 0) is 17.7 Å². The van der Waals surface area contributed by atoms with E-state index in [4.69, 9.17) is 4.74 Å². The molecule has 2 aromatic heterocycles. The smallest absolute Gasteiger partial charge is 0.379 e. The highest BCUT2D eigenvalue weighted by atomic mass is 19.4. The fourth-order valence-electron chi connectivity index (χ4n) is 3.15. The number of rotatable bonds is 4. The maximum absolute atomic E-state index is 13.2. The van der Waals surface area contributed by atoms with Gasteiger partial charge in [0.1, 0.15) is 0 Å². The number of nitrogens with one attached hydrogen (secondary N) is 1. The molecule has 6 nitrogen and oxygen atoms in total. The van der Waals surface area contributed by atoms with Crippen molar-refractivity contribution < 1.29 is 17.9 Å². The number of fused-ring (bicyclic) bond motifs is 1. The Balaban J connectivity index is 1.59. The zero-order chi connectivity index (χ0) is 18.1. The summed E-state index contributed by atoms with van der Waals surface area (Å²) in [5.41, 5.74) is 0.770. The van der Waals surface area contributed by atoms with Gasteiger partial charge >= 0.3 is 6.18 Å². The third kappa shape index (κ3) is 3.45. The van der Waals surface area contributed by atoms with Crippen molar-refractivity contribution in [1.82, 2.24) is 24.9 Å². The van der Waals surface area contributed by atoms with Crippen LogP contribution in [0.15, 0.2) is 30.7 Å². The number of benzene rings is 1. The molecule has 138 valence electrons. The second kappa shape index (κ2) is 6.73. The Morgan fingerprint density at radius 2 is 1.92 bits per heavy atom. The summed E-state index contributed by atoms with van der Waals surface area (Å²) in [4.78, 5) is 2.28. The SMILES string of the molecule is FC(F)(F)c1cc(-c2cnn(CCN3CCOCC3)c2)c2cn[nH]c2c1. The molecular formula is C17H18F3N5O. The van der Waals surface area contributed by atoms with Crippen LogP contribution in [0.2, 0.25) is 0 Å². The van der Waals surface area contributed by atoms with Gasteiger partial charge in [0.2, 0.25) is 0 Å². The molecule has 0 aliphatic carbocycles. The molecule has 0 unspecified atom stereocenters. The van der Waals surface area contributed by atoms with Gasteiger partial charge in [-0.1, -0.05) is 0 Å². The van der Waals surface area contributed by atoms with Crippen LogP contribution in [0, 0.1) is 0 Å². The van der Waals surface area contributed by atoms with Crippen LogP contribution in [0.1, 0.15) is 5.56 Å². The number of H-pyrrole nitrogens is 1. The molecule has 0 amide bonds. The molecule has 0 atom stereocenters. The zero-order valence-electron chi connectivity index (χ0n) is 14.0. The van der Waals surface area contributed by atoms with Gasteiger partial charge in [-0.3, -0.25) is 14.7 Å². The minimum Gasteiger partial charge on any atom is -0.379 e. The molecule has 1 aliphatic rings. The van der Waals surface area contributed by atoms with Gasteiger partial charge in [-0.2, -0.15) is 23.4 Å². The minimum atomic E-state index is -4.42. The number of nitrogens with zero attached hydrogens (tertiary/aromatic N) is 4. The van der Waals surface area contributed by atoms with E-state index in [0.717, 1.165) is 45.0 Å². The highest BCUT2D eigenvalue weighted by Crippen LogP contribution is 2.36. The Bertz CT molecular complexity index is 895. The average molecular weight is 365 g/mol. The van der Waals surface area contributed by atoms with Crippen molar-refractivity contribution in [2.24, 2.45) is 0 Å². The van der Waals surface area contributed by atoms with Gasteiger partial charge in [0, 0.05) is 36.8 Å². The van der Waals surface area contributed by atoms with E-state index in [0.29, 0.717) is 28.6 Å². The summed E-state index contributed by atoms with van der Waals surface area (Å²) >= 11 is 0.